The largest absolute Gasteiger partial charge is 0.465 e. The van der Waals surface area contributed by atoms with Crippen LogP contribution in [0.4, 0.5) is 8.78 Å². The number of rotatable bonds is 8. The highest BCUT2D eigenvalue weighted by molar-refractivity contribution is 7.87. The van der Waals surface area contributed by atoms with Gasteiger partial charge in [0, 0.05) is 11.0 Å². The van der Waals surface area contributed by atoms with Gasteiger partial charge in [0.2, 0.25) is 0 Å². The van der Waals surface area contributed by atoms with Crippen molar-refractivity contribution in [2.24, 2.45) is 17.3 Å². The Labute approximate surface area is 177 Å². The Hall–Kier alpha value is -2.08. The van der Waals surface area contributed by atoms with E-state index in [0.717, 1.165) is 6.42 Å². The third-order valence-electron chi connectivity index (χ3n) is 6.20. The second-order valence-electron chi connectivity index (χ2n) is 9.04. The molecule has 0 aromatic rings. The molecule has 0 radical (unpaired) electrons. The first-order chi connectivity index (χ1) is 14.2. The molecule has 0 saturated heterocycles. The molecule has 174 valence electrons. The lowest BCUT2D eigenvalue weighted by Crippen LogP contribution is -2.59. The van der Waals surface area contributed by atoms with Gasteiger partial charge in [-0.25, -0.2) is 14.4 Å². The number of hydrogen-bond donors (Lipinski definition) is 1. The molecule has 4 bridgehead atoms. The van der Waals surface area contributed by atoms with E-state index in [1.807, 2.05) is 0 Å². The minimum atomic E-state index is -5.95. The van der Waals surface area contributed by atoms with Crippen LogP contribution in [0.2, 0.25) is 0 Å². The Kier molecular flexibility index (Phi) is 5.94. The highest BCUT2D eigenvalue weighted by atomic mass is 32.2. The maximum Gasteiger partial charge on any atom is 0.465 e. The number of ether oxygens (including phenoxy) is 3. The summed E-state index contributed by atoms with van der Waals surface area (Å²) in [6, 6.07) is 0. The van der Waals surface area contributed by atoms with Crippen molar-refractivity contribution in [2.75, 3.05) is 13.2 Å². The Balaban J connectivity index is 1.67. The van der Waals surface area contributed by atoms with Crippen LogP contribution in [0.15, 0.2) is 12.2 Å². The first-order valence-corrected chi connectivity index (χ1v) is 11.2. The Bertz CT molecular complexity index is 897. The average Bonchev–Trinajstić information content (AvgIpc) is 2.61. The number of alkyl halides is 2. The molecule has 2 atom stereocenters. The molecule has 31 heavy (non-hydrogen) atoms. The maximum absolute atomic E-state index is 13.5. The first kappa shape index (κ1) is 23.6. The van der Waals surface area contributed by atoms with Crippen LogP contribution in [0.1, 0.15) is 45.4 Å². The van der Waals surface area contributed by atoms with E-state index in [2.05, 4.69) is 11.3 Å². The van der Waals surface area contributed by atoms with E-state index >= 15 is 0 Å². The fourth-order valence-corrected chi connectivity index (χ4v) is 5.85. The van der Waals surface area contributed by atoms with E-state index in [0.29, 0.717) is 25.7 Å². The molecule has 4 rings (SSSR count). The summed E-state index contributed by atoms with van der Waals surface area (Å²) in [4.78, 5) is 35.3. The van der Waals surface area contributed by atoms with Crippen LogP contribution in [-0.4, -0.2) is 54.9 Å². The van der Waals surface area contributed by atoms with E-state index in [1.54, 1.807) is 0 Å². The summed E-state index contributed by atoms with van der Waals surface area (Å²) in [5.41, 5.74) is -1.51. The number of esters is 3. The third-order valence-corrected chi connectivity index (χ3v) is 7.01. The second-order valence-corrected chi connectivity index (χ2v) is 10.5. The fourth-order valence-electron chi connectivity index (χ4n) is 5.58. The summed E-state index contributed by atoms with van der Waals surface area (Å²) in [5, 5.41) is -5.06. The molecule has 4 fully saturated rings. The average molecular weight is 466 g/mol. The van der Waals surface area contributed by atoms with Crippen LogP contribution in [-0.2, 0) is 38.7 Å². The number of halogens is 2. The van der Waals surface area contributed by atoms with Crippen molar-refractivity contribution in [2.45, 2.75) is 56.3 Å². The Morgan fingerprint density at radius 2 is 1.71 bits per heavy atom. The molecule has 2 unspecified atom stereocenters. The van der Waals surface area contributed by atoms with Crippen LogP contribution >= 0.6 is 0 Å². The van der Waals surface area contributed by atoms with Crippen molar-refractivity contribution in [3.63, 3.8) is 0 Å². The Morgan fingerprint density at radius 1 is 1.13 bits per heavy atom. The standard InChI is InChI=1S/C19H24F2O9S/c1-11(2)15(23)28-8-14(22)30-18-6-12-3-13(7-18)5-17(4-12,9-18)10-29-16(24)19(20,21)31(25,26)27/h12-13H,1,3-10H2,2H3,(H,25,26,27). The van der Waals surface area contributed by atoms with E-state index in [4.69, 9.17) is 14.0 Å². The van der Waals surface area contributed by atoms with Gasteiger partial charge in [-0.3, -0.25) is 4.55 Å². The lowest BCUT2D eigenvalue weighted by molar-refractivity contribution is -0.215. The van der Waals surface area contributed by atoms with Gasteiger partial charge in [-0.15, -0.1) is 0 Å². The molecule has 12 heteroatoms. The zero-order valence-corrected chi connectivity index (χ0v) is 17.7. The molecular formula is C19H24F2O9S. The molecule has 0 aromatic heterocycles. The van der Waals surface area contributed by atoms with Crippen molar-refractivity contribution >= 4 is 28.0 Å². The van der Waals surface area contributed by atoms with Gasteiger partial charge in [-0.2, -0.15) is 17.2 Å². The van der Waals surface area contributed by atoms with Crippen LogP contribution in [0.3, 0.4) is 0 Å². The summed E-state index contributed by atoms with van der Waals surface area (Å²) < 4.78 is 72.2. The SMILES string of the molecule is C=C(C)C(=O)OCC(=O)OC12CC3CC(CC(COC(=O)C(F)(F)S(=O)(=O)O)(C3)C1)C2. The van der Waals surface area contributed by atoms with Gasteiger partial charge in [-0.1, -0.05) is 6.58 Å². The van der Waals surface area contributed by atoms with Crippen LogP contribution < -0.4 is 0 Å². The van der Waals surface area contributed by atoms with Gasteiger partial charge in [0.15, 0.2) is 6.61 Å². The van der Waals surface area contributed by atoms with Gasteiger partial charge < -0.3 is 14.2 Å². The molecule has 0 heterocycles. The van der Waals surface area contributed by atoms with Gasteiger partial charge in [0.1, 0.15) is 5.60 Å². The molecule has 0 amide bonds. The van der Waals surface area contributed by atoms with Gasteiger partial charge in [0.05, 0.1) is 6.61 Å². The first-order valence-electron chi connectivity index (χ1n) is 9.74. The summed E-state index contributed by atoms with van der Waals surface area (Å²) >= 11 is 0. The van der Waals surface area contributed by atoms with Crippen molar-refractivity contribution in [1.29, 1.82) is 0 Å². The smallest absolute Gasteiger partial charge is 0.460 e. The minimum Gasteiger partial charge on any atom is -0.460 e. The predicted molar refractivity (Wildman–Crippen MR) is 99.2 cm³/mol. The normalized spacial score (nSPS) is 31.7. The van der Waals surface area contributed by atoms with Crippen LogP contribution in [0.5, 0.6) is 0 Å². The van der Waals surface area contributed by atoms with E-state index in [9.17, 15) is 31.6 Å². The molecule has 0 aliphatic heterocycles. The zero-order chi connectivity index (χ0) is 23.2. The van der Waals surface area contributed by atoms with E-state index in [-0.39, 0.29) is 23.8 Å². The van der Waals surface area contributed by atoms with Gasteiger partial charge >= 0.3 is 33.3 Å². The summed E-state index contributed by atoms with van der Waals surface area (Å²) in [6.07, 6.45) is 3.33. The molecule has 4 saturated carbocycles. The van der Waals surface area contributed by atoms with E-state index in [1.165, 1.54) is 6.92 Å². The van der Waals surface area contributed by atoms with Crippen molar-refractivity contribution in [1.82, 2.24) is 0 Å². The third kappa shape index (κ3) is 4.74. The van der Waals surface area contributed by atoms with Gasteiger partial charge in [0.25, 0.3) is 0 Å². The Morgan fingerprint density at radius 3 is 2.23 bits per heavy atom. The summed E-state index contributed by atoms with van der Waals surface area (Å²) in [6.45, 7) is 3.78. The van der Waals surface area contributed by atoms with Crippen molar-refractivity contribution in [3.8, 4) is 0 Å². The van der Waals surface area contributed by atoms with Crippen LogP contribution in [0, 0.1) is 17.3 Å². The predicted octanol–water partition coefficient (Wildman–Crippen LogP) is 2.01. The van der Waals surface area contributed by atoms with Crippen molar-refractivity contribution < 1.29 is 50.3 Å². The molecular weight excluding hydrogens is 442 g/mol. The molecule has 0 aromatic carbocycles. The zero-order valence-electron chi connectivity index (χ0n) is 16.9. The second kappa shape index (κ2) is 7.80. The van der Waals surface area contributed by atoms with E-state index < -0.39 is 57.5 Å². The van der Waals surface area contributed by atoms with Crippen LogP contribution in [0.25, 0.3) is 0 Å². The topological polar surface area (TPSA) is 133 Å². The number of carbonyl (C=O) groups excluding carboxylic acids is 3. The number of hydrogen-bond acceptors (Lipinski definition) is 8. The molecule has 1 N–H and O–H groups in total. The quantitative estimate of drug-likeness (QED) is 0.247. The lowest BCUT2D eigenvalue weighted by Gasteiger charge is -2.60. The summed E-state index contributed by atoms with van der Waals surface area (Å²) in [5.74, 6) is -3.59. The minimum absolute atomic E-state index is 0.118. The summed E-state index contributed by atoms with van der Waals surface area (Å²) in [7, 11) is -5.95. The molecule has 0 spiro atoms. The molecule has 9 nitrogen and oxygen atoms in total. The highest BCUT2D eigenvalue weighted by Crippen LogP contribution is 2.63. The monoisotopic (exact) mass is 466 g/mol. The van der Waals surface area contributed by atoms with Crippen molar-refractivity contribution in [3.05, 3.63) is 12.2 Å². The maximum atomic E-state index is 13.5. The number of carbonyl (C=O) groups is 3. The highest BCUT2D eigenvalue weighted by Gasteiger charge is 2.61. The fraction of sp³-hybridized carbons (Fsp3) is 0.737. The molecule has 4 aliphatic rings. The molecule has 4 aliphatic carbocycles. The van der Waals surface area contributed by atoms with Gasteiger partial charge in [-0.05, 0) is 57.3 Å². The lowest BCUT2D eigenvalue weighted by atomic mass is 9.48.